The third kappa shape index (κ3) is 4.83. The number of nitrogens with two attached hydrogens (primary N) is 1. The Morgan fingerprint density at radius 2 is 2.06 bits per heavy atom. The summed E-state index contributed by atoms with van der Waals surface area (Å²) in [6.07, 6.45) is 4.48. The highest BCUT2D eigenvalue weighted by Gasteiger charge is 2.25. The van der Waals surface area contributed by atoms with Gasteiger partial charge in [-0.05, 0) is 30.5 Å². The van der Waals surface area contributed by atoms with Crippen molar-refractivity contribution in [3.8, 4) is 22.8 Å². The summed E-state index contributed by atoms with van der Waals surface area (Å²) < 4.78 is 0. The smallest absolute Gasteiger partial charge is 0.216 e. The number of hydrogen-bond acceptors (Lipinski definition) is 7. The largest absolute Gasteiger partial charge is 0.382 e. The maximum atomic E-state index is 11.2. The van der Waals surface area contributed by atoms with Crippen molar-refractivity contribution in [3.63, 3.8) is 0 Å². The monoisotopic (exact) mass is 420 g/mol. The van der Waals surface area contributed by atoms with Crippen LogP contribution in [0.2, 0.25) is 0 Å². The number of H-pyrrole nitrogens is 1. The van der Waals surface area contributed by atoms with E-state index in [2.05, 4.69) is 54.8 Å². The Morgan fingerprint density at radius 3 is 2.81 bits per heavy atom. The molecule has 9 heteroatoms. The number of anilines is 2. The molecule has 0 bridgehead atoms. The number of carbonyl (C=O) groups excluding carboxylic acids is 1. The molecule has 0 unspecified atom stereocenters. The minimum Gasteiger partial charge on any atom is -0.382 e. The molecule has 5 N–H and O–H groups in total. The number of aromatic nitrogens is 4. The first-order valence-corrected chi connectivity index (χ1v) is 10.4. The highest BCUT2D eigenvalue weighted by molar-refractivity contribution is 5.72. The topological polar surface area (TPSA) is 125 Å². The molecule has 1 aliphatic rings. The van der Waals surface area contributed by atoms with E-state index >= 15 is 0 Å². The molecular weight excluding hydrogens is 392 g/mol. The molecule has 4 rings (SSSR count). The van der Waals surface area contributed by atoms with Crippen LogP contribution in [0, 0.1) is 5.92 Å². The molecule has 2 aromatic heterocycles. The minimum atomic E-state index is -0.00157. The number of amides is 1. The summed E-state index contributed by atoms with van der Waals surface area (Å²) in [5.41, 5.74) is 9.82. The van der Waals surface area contributed by atoms with Crippen LogP contribution in [-0.4, -0.2) is 52.5 Å². The van der Waals surface area contributed by atoms with Crippen LogP contribution in [0.25, 0.3) is 22.8 Å². The number of imidazole rings is 1. The van der Waals surface area contributed by atoms with Gasteiger partial charge in [0.2, 0.25) is 5.91 Å². The fourth-order valence-electron chi connectivity index (χ4n) is 3.81. The molecule has 1 fully saturated rings. The first-order valence-electron chi connectivity index (χ1n) is 10.4. The first kappa shape index (κ1) is 20.8. The lowest BCUT2D eigenvalue weighted by atomic mass is 10.1. The van der Waals surface area contributed by atoms with Gasteiger partial charge in [-0.3, -0.25) is 4.79 Å². The molecule has 1 amide bonds. The lowest BCUT2D eigenvalue weighted by molar-refractivity contribution is -0.119. The van der Waals surface area contributed by atoms with Gasteiger partial charge in [-0.25, -0.2) is 15.0 Å². The fraction of sp³-hybridized carbons (Fsp3) is 0.364. The van der Waals surface area contributed by atoms with E-state index in [1.165, 1.54) is 5.56 Å². The Hall–Kier alpha value is -3.46. The summed E-state index contributed by atoms with van der Waals surface area (Å²) in [4.78, 5) is 30.3. The van der Waals surface area contributed by atoms with Crippen molar-refractivity contribution in [2.75, 3.05) is 37.3 Å². The fourth-order valence-corrected chi connectivity index (χ4v) is 3.81. The molecular formula is C22H28N8O. The average Bonchev–Trinajstić information content (AvgIpc) is 3.44. The van der Waals surface area contributed by atoms with Gasteiger partial charge in [-0.2, -0.15) is 0 Å². The number of carbonyl (C=O) groups is 1. The normalized spacial score (nSPS) is 15.9. The van der Waals surface area contributed by atoms with E-state index in [9.17, 15) is 4.79 Å². The van der Waals surface area contributed by atoms with Crippen molar-refractivity contribution in [2.45, 2.75) is 19.9 Å². The maximum Gasteiger partial charge on any atom is 0.216 e. The molecule has 1 atom stereocenters. The number of nitrogen functional groups attached to an aromatic ring is 1. The predicted octanol–water partition coefficient (Wildman–Crippen LogP) is 1.80. The van der Waals surface area contributed by atoms with E-state index in [0.29, 0.717) is 29.8 Å². The van der Waals surface area contributed by atoms with E-state index in [1.807, 2.05) is 7.05 Å². The van der Waals surface area contributed by atoms with E-state index in [-0.39, 0.29) is 5.91 Å². The Morgan fingerprint density at radius 1 is 1.26 bits per heavy atom. The van der Waals surface area contributed by atoms with Crippen molar-refractivity contribution in [3.05, 3.63) is 42.2 Å². The van der Waals surface area contributed by atoms with Gasteiger partial charge in [0.25, 0.3) is 0 Å². The molecule has 9 nitrogen and oxygen atoms in total. The number of nitrogens with zero attached hydrogens (tertiary/aromatic N) is 4. The van der Waals surface area contributed by atoms with Gasteiger partial charge in [-0.1, -0.05) is 24.3 Å². The third-order valence-electron chi connectivity index (χ3n) is 5.48. The maximum absolute atomic E-state index is 11.2. The highest BCUT2D eigenvalue weighted by Crippen LogP contribution is 2.28. The molecule has 31 heavy (non-hydrogen) atoms. The van der Waals surface area contributed by atoms with Crippen LogP contribution >= 0.6 is 0 Å². The summed E-state index contributed by atoms with van der Waals surface area (Å²) in [6, 6.07) is 8.31. The molecule has 0 spiro atoms. The van der Waals surface area contributed by atoms with Crippen molar-refractivity contribution in [1.82, 2.24) is 30.6 Å². The van der Waals surface area contributed by atoms with Crippen LogP contribution in [0.15, 0.2) is 36.7 Å². The van der Waals surface area contributed by atoms with Gasteiger partial charge in [0.1, 0.15) is 5.82 Å². The lowest BCUT2D eigenvalue weighted by Crippen LogP contribution is -2.29. The second-order valence-corrected chi connectivity index (χ2v) is 7.87. The second-order valence-electron chi connectivity index (χ2n) is 7.87. The van der Waals surface area contributed by atoms with Crippen LogP contribution in [0.1, 0.15) is 18.9 Å². The summed E-state index contributed by atoms with van der Waals surface area (Å²) in [5.74, 6) is 2.09. The van der Waals surface area contributed by atoms with Gasteiger partial charge in [-0.15, -0.1) is 0 Å². The number of hydrogen-bond donors (Lipinski definition) is 4. The van der Waals surface area contributed by atoms with Crippen LogP contribution < -0.4 is 21.3 Å². The first-order chi connectivity index (χ1) is 15.0. The Kier molecular flexibility index (Phi) is 6.13. The highest BCUT2D eigenvalue weighted by atomic mass is 16.1. The van der Waals surface area contributed by atoms with Gasteiger partial charge in [0.05, 0.1) is 18.1 Å². The zero-order valence-electron chi connectivity index (χ0n) is 17.9. The van der Waals surface area contributed by atoms with E-state index < -0.39 is 0 Å². The molecule has 162 valence electrons. The number of aromatic amines is 1. The lowest BCUT2D eigenvalue weighted by Gasteiger charge is -2.18. The second kappa shape index (κ2) is 9.13. The summed E-state index contributed by atoms with van der Waals surface area (Å²) in [6.45, 7) is 4.73. The summed E-state index contributed by atoms with van der Waals surface area (Å²) >= 11 is 0. The van der Waals surface area contributed by atoms with Crippen molar-refractivity contribution in [2.24, 2.45) is 5.92 Å². The molecule has 0 saturated carbocycles. The van der Waals surface area contributed by atoms with E-state index in [0.717, 1.165) is 43.1 Å². The Labute approximate surface area is 181 Å². The molecule has 0 radical (unpaired) electrons. The molecule has 1 aliphatic heterocycles. The molecule has 3 aromatic rings. The van der Waals surface area contributed by atoms with Gasteiger partial charge >= 0.3 is 0 Å². The number of benzene rings is 1. The Bertz CT molecular complexity index is 1050. The van der Waals surface area contributed by atoms with Crippen LogP contribution in [0.3, 0.4) is 0 Å². The number of nitrogens with one attached hydrogen (secondary N) is 3. The zero-order valence-corrected chi connectivity index (χ0v) is 17.9. The summed E-state index contributed by atoms with van der Waals surface area (Å²) in [5, 5.41) is 6.04. The van der Waals surface area contributed by atoms with Crippen molar-refractivity contribution in [1.29, 1.82) is 0 Å². The Balaban J connectivity index is 1.51. The number of rotatable bonds is 7. The third-order valence-corrected chi connectivity index (χ3v) is 5.48. The van der Waals surface area contributed by atoms with Crippen molar-refractivity contribution < 1.29 is 4.79 Å². The molecule has 1 aromatic carbocycles. The van der Waals surface area contributed by atoms with Crippen LogP contribution in [0.5, 0.6) is 0 Å². The van der Waals surface area contributed by atoms with Crippen molar-refractivity contribution >= 4 is 17.5 Å². The molecule has 0 aliphatic carbocycles. The predicted molar refractivity (Wildman–Crippen MR) is 121 cm³/mol. The van der Waals surface area contributed by atoms with Gasteiger partial charge in [0, 0.05) is 33.1 Å². The standard InChI is InChI=1S/C22H28N8O/c1-14(31)25-10-16-7-8-30(13-16)19-12-26-21(23)20(29-19)22-27-11-18(28-22)17-5-3-15(4-6-17)9-24-2/h3-6,11-12,16,24H,7-10,13H2,1-2H3,(H2,23,26)(H,25,31)(H,27,28)/t16-/m0/s1. The summed E-state index contributed by atoms with van der Waals surface area (Å²) in [7, 11) is 1.93. The zero-order chi connectivity index (χ0) is 21.8. The molecule has 3 heterocycles. The molecule has 1 saturated heterocycles. The van der Waals surface area contributed by atoms with Crippen LogP contribution in [0.4, 0.5) is 11.6 Å². The van der Waals surface area contributed by atoms with E-state index in [1.54, 1.807) is 19.3 Å². The van der Waals surface area contributed by atoms with Gasteiger partial charge < -0.3 is 26.3 Å². The quantitative estimate of drug-likeness (QED) is 0.459. The van der Waals surface area contributed by atoms with Gasteiger partial charge in [0.15, 0.2) is 17.3 Å². The minimum absolute atomic E-state index is 0.00157. The average molecular weight is 421 g/mol. The van der Waals surface area contributed by atoms with E-state index in [4.69, 9.17) is 10.7 Å². The SMILES string of the molecule is CNCc1ccc(-c2cnc(-c3nc(N4CC[C@@H](CNC(C)=O)C4)cnc3N)[nH]2)cc1. The van der Waals surface area contributed by atoms with Crippen LogP contribution in [-0.2, 0) is 11.3 Å².